The molecule has 0 heterocycles. The molecule has 0 fully saturated rings. The number of carbonyl (C=O) groups is 2. The van der Waals surface area contributed by atoms with Crippen LogP contribution in [0.4, 0.5) is 8.78 Å². The molecule has 0 unspecified atom stereocenters. The van der Waals surface area contributed by atoms with E-state index >= 15 is 0 Å². The van der Waals surface area contributed by atoms with Crippen molar-refractivity contribution < 1.29 is 18.4 Å². The van der Waals surface area contributed by atoms with Crippen LogP contribution in [0.2, 0.25) is 10.0 Å². The van der Waals surface area contributed by atoms with E-state index in [9.17, 15) is 18.4 Å². The van der Waals surface area contributed by atoms with Crippen LogP contribution in [0.5, 0.6) is 0 Å². The van der Waals surface area contributed by atoms with E-state index in [0.29, 0.717) is 0 Å². The molecule has 110 valence electrons. The minimum absolute atomic E-state index is 0.448. The highest BCUT2D eigenvalue weighted by Crippen LogP contribution is 2.33. The number of carbonyl (C=O) groups excluding carboxylic acids is 2. The van der Waals surface area contributed by atoms with Crippen LogP contribution >= 0.6 is 23.2 Å². The fourth-order valence-corrected chi connectivity index (χ4v) is 2.01. The summed E-state index contributed by atoms with van der Waals surface area (Å²) in [5, 5.41) is -1.29. The van der Waals surface area contributed by atoms with Crippen molar-refractivity contribution >= 4 is 35.0 Å². The molecule has 6 nitrogen and oxygen atoms in total. The number of amides is 2. The van der Waals surface area contributed by atoms with Gasteiger partial charge in [0.25, 0.3) is 0 Å². The number of nitrogens with two attached hydrogens (primary N) is 2. The van der Waals surface area contributed by atoms with Crippen LogP contribution in [-0.4, -0.2) is 11.8 Å². The van der Waals surface area contributed by atoms with Crippen molar-refractivity contribution in [3.8, 4) is 0 Å². The van der Waals surface area contributed by atoms with Gasteiger partial charge >= 0.3 is 0 Å². The smallest absolute Gasteiger partial charge is 0.238 e. The average Bonchev–Trinajstić information content (AvgIpc) is 2.45. The molecule has 2 amide bonds. The predicted octanol–water partition coefficient (Wildman–Crippen LogP) is 0.336. The summed E-state index contributed by atoms with van der Waals surface area (Å²) in [5.41, 5.74) is 2.61. The van der Waals surface area contributed by atoms with Crippen LogP contribution < -0.4 is 22.5 Å². The molecule has 1 aromatic carbocycles. The van der Waals surface area contributed by atoms with Crippen molar-refractivity contribution in [2.45, 2.75) is 12.8 Å². The first-order valence-electron chi connectivity index (χ1n) is 5.16. The molecular weight excluding hydrogens is 317 g/mol. The van der Waals surface area contributed by atoms with Crippen molar-refractivity contribution in [2.75, 3.05) is 0 Å². The van der Waals surface area contributed by atoms with Gasteiger partial charge in [-0.2, -0.15) is 0 Å². The Kier molecular flexibility index (Phi) is 5.63. The Morgan fingerprint density at radius 2 is 1.25 bits per heavy atom. The maximum atomic E-state index is 14.2. The lowest BCUT2D eigenvalue weighted by atomic mass is 10.0. The zero-order valence-corrected chi connectivity index (χ0v) is 11.4. The van der Waals surface area contributed by atoms with Crippen molar-refractivity contribution in [2.24, 2.45) is 11.7 Å². The van der Waals surface area contributed by atoms with Crippen molar-refractivity contribution in [3.63, 3.8) is 0 Å². The molecule has 20 heavy (non-hydrogen) atoms. The lowest BCUT2D eigenvalue weighted by Crippen LogP contribution is -2.33. The lowest BCUT2D eigenvalue weighted by molar-refractivity contribution is -0.121. The SMILES string of the molecule is NNC(=O)Cc1c(F)c(CC(=O)NN)c(Cl)c(F)c1Cl. The van der Waals surface area contributed by atoms with E-state index < -0.39 is 57.5 Å². The molecule has 0 radical (unpaired) electrons. The second-order valence-electron chi connectivity index (χ2n) is 3.70. The number of hydrogen-bond donors (Lipinski definition) is 4. The molecular formula is C10H10Cl2F2N4O2. The van der Waals surface area contributed by atoms with Gasteiger partial charge in [0.05, 0.1) is 22.9 Å². The Balaban J connectivity index is 3.38. The van der Waals surface area contributed by atoms with Crippen molar-refractivity contribution in [1.82, 2.24) is 10.9 Å². The monoisotopic (exact) mass is 326 g/mol. The largest absolute Gasteiger partial charge is 0.294 e. The topological polar surface area (TPSA) is 110 Å². The van der Waals surface area contributed by atoms with Gasteiger partial charge in [0.1, 0.15) is 5.82 Å². The second kappa shape index (κ2) is 6.80. The summed E-state index contributed by atoms with van der Waals surface area (Å²) in [7, 11) is 0. The summed E-state index contributed by atoms with van der Waals surface area (Å²) in [6.07, 6.45) is -1.21. The molecule has 0 spiro atoms. The highest BCUT2D eigenvalue weighted by molar-refractivity contribution is 6.36. The maximum Gasteiger partial charge on any atom is 0.238 e. The van der Waals surface area contributed by atoms with Gasteiger partial charge in [0.15, 0.2) is 5.82 Å². The summed E-state index contributed by atoms with van der Waals surface area (Å²) in [6, 6.07) is 0. The van der Waals surface area contributed by atoms with Gasteiger partial charge in [-0.1, -0.05) is 23.2 Å². The molecule has 1 aromatic rings. The Morgan fingerprint density at radius 3 is 1.55 bits per heavy atom. The molecule has 0 aromatic heterocycles. The number of hydrazine groups is 2. The van der Waals surface area contributed by atoms with Gasteiger partial charge in [0.2, 0.25) is 11.8 Å². The third-order valence-corrected chi connectivity index (χ3v) is 3.23. The Bertz CT molecular complexity index is 524. The van der Waals surface area contributed by atoms with Crippen LogP contribution in [0.3, 0.4) is 0 Å². The van der Waals surface area contributed by atoms with E-state index in [1.807, 2.05) is 0 Å². The first-order valence-corrected chi connectivity index (χ1v) is 5.91. The summed E-state index contributed by atoms with van der Waals surface area (Å²) in [5.74, 6) is 5.95. The van der Waals surface area contributed by atoms with Crippen LogP contribution in [0, 0.1) is 11.6 Å². The number of nitrogens with one attached hydrogen (secondary N) is 2. The first-order chi connectivity index (χ1) is 9.33. The van der Waals surface area contributed by atoms with E-state index in [1.165, 1.54) is 0 Å². The van der Waals surface area contributed by atoms with Crippen LogP contribution in [0.1, 0.15) is 11.1 Å². The van der Waals surface area contributed by atoms with E-state index in [0.717, 1.165) is 0 Å². The first kappa shape index (κ1) is 16.6. The van der Waals surface area contributed by atoms with Crippen molar-refractivity contribution in [1.29, 1.82) is 0 Å². The summed E-state index contributed by atoms with van der Waals surface area (Å²) >= 11 is 11.2. The summed E-state index contributed by atoms with van der Waals surface area (Å²) in [4.78, 5) is 22.3. The molecule has 6 N–H and O–H groups in total. The van der Waals surface area contributed by atoms with Crippen LogP contribution in [0.15, 0.2) is 0 Å². The van der Waals surface area contributed by atoms with Gasteiger partial charge in [-0.15, -0.1) is 0 Å². The van der Waals surface area contributed by atoms with Crippen molar-refractivity contribution in [3.05, 3.63) is 32.8 Å². The summed E-state index contributed by atoms with van der Waals surface area (Å²) < 4.78 is 28.0. The summed E-state index contributed by atoms with van der Waals surface area (Å²) in [6.45, 7) is 0. The lowest BCUT2D eigenvalue weighted by Gasteiger charge is -2.13. The van der Waals surface area contributed by atoms with Gasteiger partial charge < -0.3 is 0 Å². The second-order valence-corrected chi connectivity index (χ2v) is 4.46. The Hall–Kier alpha value is -1.48. The molecule has 0 bridgehead atoms. The molecule has 0 atom stereocenters. The fraction of sp³-hybridized carbons (Fsp3) is 0.200. The van der Waals surface area contributed by atoms with Gasteiger partial charge in [0, 0.05) is 11.1 Å². The Labute approximate surface area is 122 Å². The number of rotatable bonds is 4. The van der Waals surface area contributed by atoms with E-state index in [-0.39, 0.29) is 0 Å². The van der Waals surface area contributed by atoms with Gasteiger partial charge in [-0.05, 0) is 0 Å². The minimum atomic E-state index is -1.13. The fourth-order valence-electron chi connectivity index (χ4n) is 1.47. The third kappa shape index (κ3) is 3.34. The zero-order chi connectivity index (χ0) is 15.4. The molecule has 0 saturated carbocycles. The van der Waals surface area contributed by atoms with Gasteiger partial charge in [-0.3, -0.25) is 20.4 Å². The molecule has 10 heteroatoms. The van der Waals surface area contributed by atoms with E-state index in [2.05, 4.69) is 0 Å². The predicted molar refractivity (Wildman–Crippen MR) is 68.4 cm³/mol. The normalized spacial score (nSPS) is 10.3. The minimum Gasteiger partial charge on any atom is -0.294 e. The van der Waals surface area contributed by atoms with Crippen LogP contribution in [-0.2, 0) is 22.4 Å². The number of benzene rings is 1. The number of hydrogen-bond acceptors (Lipinski definition) is 4. The van der Waals surface area contributed by atoms with Gasteiger partial charge in [-0.25, -0.2) is 20.5 Å². The zero-order valence-electron chi connectivity index (χ0n) is 9.90. The quantitative estimate of drug-likeness (QED) is 0.210. The highest BCUT2D eigenvalue weighted by atomic mass is 35.5. The molecule has 0 saturated heterocycles. The average molecular weight is 327 g/mol. The standard InChI is InChI=1S/C10H10Cl2F2N4O2/c11-7-3(1-5(19)17-15)9(13)4(2-6(20)18-16)8(12)10(7)14/h1-2,15-16H2,(H,17,19)(H,18,20). The molecule has 1 rings (SSSR count). The molecule has 0 aliphatic rings. The van der Waals surface area contributed by atoms with E-state index in [1.54, 1.807) is 10.9 Å². The third-order valence-electron chi connectivity index (χ3n) is 2.44. The van der Waals surface area contributed by atoms with E-state index in [4.69, 9.17) is 34.9 Å². The highest BCUT2D eigenvalue weighted by Gasteiger charge is 2.25. The maximum absolute atomic E-state index is 14.2. The Morgan fingerprint density at radius 1 is 0.900 bits per heavy atom. The van der Waals surface area contributed by atoms with Crippen LogP contribution in [0.25, 0.3) is 0 Å². The molecule has 0 aliphatic carbocycles. The molecule has 0 aliphatic heterocycles. The number of halogens is 4.